The minimum atomic E-state index is -2.93. The van der Waals surface area contributed by atoms with Crippen molar-refractivity contribution in [3.8, 4) is 17.2 Å². The van der Waals surface area contributed by atoms with E-state index in [0.717, 1.165) is 11.3 Å². The Labute approximate surface area is 237 Å². The zero-order chi connectivity index (χ0) is 29.1. The molecule has 1 aliphatic rings. The molecule has 4 aromatic rings. The molecule has 0 fully saturated rings. The number of nitrogens with zero attached hydrogens (tertiary/aromatic N) is 2. The Morgan fingerprint density at radius 1 is 1.02 bits per heavy atom. The molecule has 1 aliphatic heterocycles. The van der Waals surface area contributed by atoms with Crippen LogP contribution in [0.5, 0.6) is 17.2 Å². The number of carbonyl (C=O) groups is 1. The van der Waals surface area contributed by atoms with Gasteiger partial charge in [0.2, 0.25) is 0 Å². The number of halogens is 2. The summed E-state index contributed by atoms with van der Waals surface area (Å²) < 4.78 is 42.3. The molecule has 5 rings (SSSR count). The SMILES string of the molecule is COc1ccc([C@@H]2C(C(=O)Nc3ccccc3)=C(C)N=c3s/c(=C/c4ccc(OC(F)F)cc4)c(=O)n32)c(OC)c1. The molecule has 1 aromatic heterocycles. The number of rotatable bonds is 8. The van der Waals surface area contributed by atoms with E-state index in [1.165, 1.54) is 30.9 Å². The summed E-state index contributed by atoms with van der Waals surface area (Å²) in [5, 5.41) is 2.91. The molecule has 0 radical (unpaired) electrons. The number of methoxy groups -OCH3 is 2. The number of benzene rings is 3. The van der Waals surface area contributed by atoms with E-state index in [0.29, 0.717) is 43.3 Å². The predicted octanol–water partition coefficient (Wildman–Crippen LogP) is 4.49. The fourth-order valence-electron chi connectivity index (χ4n) is 4.57. The lowest BCUT2D eigenvalue weighted by atomic mass is 9.94. The van der Waals surface area contributed by atoms with Crippen molar-refractivity contribution in [1.29, 1.82) is 0 Å². The Balaban J connectivity index is 1.66. The molecular formula is C30H25F2N3O5S. The summed E-state index contributed by atoms with van der Waals surface area (Å²) >= 11 is 1.16. The number of hydrogen-bond donors (Lipinski definition) is 1. The summed E-state index contributed by atoms with van der Waals surface area (Å²) in [6, 6.07) is 19.3. The third-order valence-corrected chi connectivity index (χ3v) is 7.42. The molecule has 1 amide bonds. The van der Waals surface area contributed by atoms with Crippen molar-refractivity contribution in [2.75, 3.05) is 19.5 Å². The van der Waals surface area contributed by atoms with Crippen molar-refractivity contribution in [2.24, 2.45) is 4.99 Å². The van der Waals surface area contributed by atoms with Crippen molar-refractivity contribution < 1.29 is 27.8 Å². The molecule has 0 unspecified atom stereocenters. The Hall–Kier alpha value is -4.77. The first kappa shape index (κ1) is 27.8. The van der Waals surface area contributed by atoms with Crippen LogP contribution in [-0.4, -0.2) is 31.3 Å². The number of ether oxygens (including phenoxy) is 3. The van der Waals surface area contributed by atoms with Gasteiger partial charge in [-0.15, -0.1) is 0 Å². The third-order valence-electron chi connectivity index (χ3n) is 6.44. The number of amides is 1. The van der Waals surface area contributed by atoms with Crippen LogP contribution in [0.4, 0.5) is 14.5 Å². The quantitative estimate of drug-likeness (QED) is 0.333. The highest BCUT2D eigenvalue weighted by molar-refractivity contribution is 7.07. The number of nitrogens with one attached hydrogen (secondary N) is 1. The normalized spacial score (nSPS) is 14.9. The molecule has 0 spiro atoms. The highest BCUT2D eigenvalue weighted by Gasteiger charge is 2.34. The van der Waals surface area contributed by atoms with Crippen molar-refractivity contribution >= 4 is 29.0 Å². The van der Waals surface area contributed by atoms with Gasteiger partial charge >= 0.3 is 6.61 Å². The second-order valence-electron chi connectivity index (χ2n) is 8.96. The molecule has 1 atom stereocenters. The number of aromatic nitrogens is 1. The smallest absolute Gasteiger partial charge is 0.387 e. The molecule has 8 nitrogen and oxygen atoms in total. The average molecular weight is 578 g/mol. The second kappa shape index (κ2) is 11.8. The van der Waals surface area contributed by atoms with E-state index in [1.54, 1.807) is 55.5 Å². The monoisotopic (exact) mass is 577 g/mol. The number of carbonyl (C=O) groups excluding carboxylic acids is 1. The van der Waals surface area contributed by atoms with E-state index in [9.17, 15) is 18.4 Å². The lowest BCUT2D eigenvalue weighted by Gasteiger charge is -2.26. The van der Waals surface area contributed by atoms with Crippen LogP contribution >= 0.6 is 11.3 Å². The van der Waals surface area contributed by atoms with Crippen LogP contribution in [0.25, 0.3) is 6.08 Å². The maximum atomic E-state index is 13.9. The van der Waals surface area contributed by atoms with Crippen LogP contribution in [0.1, 0.15) is 24.1 Å². The number of alkyl halides is 2. The molecule has 2 heterocycles. The van der Waals surface area contributed by atoms with Gasteiger partial charge in [-0.05, 0) is 55.0 Å². The lowest BCUT2D eigenvalue weighted by molar-refractivity contribution is -0.113. The van der Waals surface area contributed by atoms with Gasteiger partial charge in [-0.2, -0.15) is 8.78 Å². The Kier molecular flexibility index (Phi) is 7.97. The second-order valence-corrected chi connectivity index (χ2v) is 9.97. The Morgan fingerprint density at radius 2 is 1.73 bits per heavy atom. The van der Waals surface area contributed by atoms with Crippen molar-refractivity contribution in [2.45, 2.75) is 19.6 Å². The van der Waals surface area contributed by atoms with Gasteiger partial charge in [-0.25, -0.2) is 4.99 Å². The minimum Gasteiger partial charge on any atom is -0.497 e. The van der Waals surface area contributed by atoms with Crippen LogP contribution in [0.2, 0.25) is 0 Å². The van der Waals surface area contributed by atoms with E-state index in [2.05, 4.69) is 15.0 Å². The first-order valence-corrected chi connectivity index (χ1v) is 13.3. The van der Waals surface area contributed by atoms with Gasteiger partial charge in [0.05, 0.1) is 30.0 Å². The van der Waals surface area contributed by atoms with Crippen LogP contribution < -0.4 is 34.4 Å². The maximum Gasteiger partial charge on any atom is 0.387 e. The zero-order valence-corrected chi connectivity index (χ0v) is 23.1. The molecule has 11 heteroatoms. The van der Waals surface area contributed by atoms with Gasteiger partial charge in [0.15, 0.2) is 4.80 Å². The maximum absolute atomic E-state index is 13.9. The summed E-state index contributed by atoms with van der Waals surface area (Å²) in [4.78, 5) is 32.7. The van der Waals surface area contributed by atoms with E-state index in [4.69, 9.17) is 9.47 Å². The van der Waals surface area contributed by atoms with Crippen LogP contribution in [0, 0.1) is 0 Å². The van der Waals surface area contributed by atoms with Crippen molar-refractivity contribution in [3.05, 3.63) is 115 Å². The zero-order valence-electron chi connectivity index (χ0n) is 22.3. The first-order valence-electron chi connectivity index (χ1n) is 12.4. The van der Waals surface area contributed by atoms with Gasteiger partial charge in [-0.3, -0.25) is 14.2 Å². The molecule has 3 aromatic carbocycles. The number of fused-ring (bicyclic) bond motifs is 1. The molecule has 0 saturated carbocycles. The molecular weight excluding hydrogens is 552 g/mol. The molecule has 0 aliphatic carbocycles. The van der Waals surface area contributed by atoms with Crippen LogP contribution in [0.3, 0.4) is 0 Å². The predicted molar refractivity (Wildman–Crippen MR) is 151 cm³/mol. The molecule has 210 valence electrons. The van der Waals surface area contributed by atoms with Gasteiger partial charge < -0.3 is 19.5 Å². The van der Waals surface area contributed by atoms with Crippen LogP contribution in [0.15, 0.2) is 93.9 Å². The molecule has 41 heavy (non-hydrogen) atoms. The van der Waals surface area contributed by atoms with Crippen molar-refractivity contribution in [1.82, 2.24) is 4.57 Å². The van der Waals surface area contributed by atoms with Crippen molar-refractivity contribution in [3.63, 3.8) is 0 Å². The molecule has 0 saturated heterocycles. The average Bonchev–Trinajstić information content (AvgIpc) is 3.27. The van der Waals surface area contributed by atoms with Gasteiger partial charge in [-0.1, -0.05) is 41.7 Å². The number of hydrogen-bond acceptors (Lipinski definition) is 7. The summed E-state index contributed by atoms with van der Waals surface area (Å²) in [5.41, 5.74) is 2.12. The van der Waals surface area contributed by atoms with Gasteiger partial charge in [0.25, 0.3) is 11.5 Å². The largest absolute Gasteiger partial charge is 0.497 e. The fourth-order valence-corrected chi connectivity index (χ4v) is 5.61. The highest BCUT2D eigenvalue weighted by atomic mass is 32.1. The van der Waals surface area contributed by atoms with Gasteiger partial charge in [0.1, 0.15) is 23.3 Å². The third kappa shape index (κ3) is 5.75. The summed E-state index contributed by atoms with van der Waals surface area (Å²) in [6.45, 7) is -1.21. The number of anilines is 1. The molecule has 0 bridgehead atoms. The highest BCUT2D eigenvalue weighted by Crippen LogP contribution is 2.37. The minimum absolute atomic E-state index is 0.00917. The summed E-state index contributed by atoms with van der Waals surface area (Å²) in [5.74, 6) is 0.575. The topological polar surface area (TPSA) is 91.2 Å². The van der Waals surface area contributed by atoms with E-state index in [-0.39, 0.29) is 16.9 Å². The Morgan fingerprint density at radius 3 is 2.39 bits per heavy atom. The van der Waals surface area contributed by atoms with Gasteiger partial charge in [0, 0.05) is 17.3 Å². The summed E-state index contributed by atoms with van der Waals surface area (Å²) in [6.07, 6.45) is 1.64. The first-order chi connectivity index (χ1) is 19.8. The van der Waals surface area contributed by atoms with E-state index < -0.39 is 18.6 Å². The summed E-state index contributed by atoms with van der Waals surface area (Å²) in [7, 11) is 3.04. The van der Waals surface area contributed by atoms with Crippen LogP contribution in [-0.2, 0) is 4.79 Å². The van der Waals surface area contributed by atoms with E-state index in [1.807, 2.05) is 18.2 Å². The Bertz CT molecular complexity index is 1800. The lowest BCUT2D eigenvalue weighted by Crippen LogP contribution is -2.40. The number of thiazole rings is 1. The van der Waals surface area contributed by atoms with E-state index >= 15 is 0 Å². The fraction of sp³-hybridized carbons (Fsp3) is 0.167. The molecule has 1 N–H and O–H groups in total. The number of para-hydroxylation sites is 1. The standard InChI is InChI=1S/C30H25F2N3O5S/c1-17-25(27(36)34-19-7-5-4-6-8-19)26(22-14-13-21(38-2)16-23(22)39-3)35-28(37)24(41-30(35)33-17)15-18-9-11-20(12-10-18)40-29(31)32/h4-16,26,29H,1-3H3,(H,34,36)/b24-15+/t26-/m1/s1. The number of allylic oxidation sites excluding steroid dienone is 1.